The van der Waals surface area contributed by atoms with E-state index in [4.69, 9.17) is 24.2 Å². The fraction of sp³-hybridized carbons (Fsp3) is 0.513. The molecule has 278 valence electrons. The number of carbonyl (C=O) groups is 3. The molecule has 6 bridgehead atoms. The van der Waals surface area contributed by atoms with Crippen molar-refractivity contribution in [3.05, 3.63) is 58.9 Å². The van der Waals surface area contributed by atoms with Crippen LogP contribution in [0.4, 0.5) is 4.79 Å². The van der Waals surface area contributed by atoms with Gasteiger partial charge in [0, 0.05) is 72.7 Å². The Morgan fingerprint density at radius 3 is 2.73 bits per heavy atom. The molecule has 2 aliphatic rings. The number of aromatic nitrogens is 3. The van der Waals surface area contributed by atoms with Gasteiger partial charge in [0.15, 0.2) is 0 Å². The SMILES string of the molecule is CCn1c(-c2cccnc2COC)c2c3cc(ccc31)-c1nc(cs1)C[C@H](N(C)C(=O)OC(C)(C)C)C(=O)N1CCC[C@H](N1)C(=O)OCC(C)(C)C2. The number of benzene rings is 1. The predicted molar refractivity (Wildman–Crippen MR) is 200 cm³/mol. The maximum atomic E-state index is 14.2. The van der Waals surface area contributed by atoms with E-state index in [2.05, 4.69) is 55.0 Å². The molecule has 5 heterocycles. The van der Waals surface area contributed by atoms with Gasteiger partial charge in [-0.05, 0) is 82.9 Å². The van der Waals surface area contributed by atoms with Gasteiger partial charge >= 0.3 is 12.1 Å². The van der Waals surface area contributed by atoms with E-state index in [0.717, 1.165) is 50.5 Å². The molecule has 13 heteroatoms. The van der Waals surface area contributed by atoms with E-state index >= 15 is 0 Å². The Hall–Kier alpha value is -4.33. The van der Waals surface area contributed by atoms with E-state index in [0.29, 0.717) is 38.1 Å². The Labute approximate surface area is 309 Å². The van der Waals surface area contributed by atoms with Crippen molar-refractivity contribution < 1.29 is 28.6 Å². The molecule has 1 fully saturated rings. The second-order valence-electron chi connectivity index (χ2n) is 15.5. The highest BCUT2D eigenvalue weighted by Crippen LogP contribution is 2.41. The summed E-state index contributed by atoms with van der Waals surface area (Å²) >= 11 is 1.50. The average molecular weight is 731 g/mol. The number of rotatable bonds is 5. The molecule has 2 aliphatic heterocycles. The van der Waals surface area contributed by atoms with Gasteiger partial charge in [-0.15, -0.1) is 11.3 Å². The number of nitrogens with zero attached hydrogens (tertiary/aromatic N) is 5. The lowest BCUT2D eigenvalue weighted by Crippen LogP contribution is -2.60. The van der Waals surface area contributed by atoms with Crippen molar-refractivity contribution in [2.24, 2.45) is 5.41 Å². The van der Waals surface area contributed by atoms with Crippen LogP contribution in [0.3, 0.4) is 0 Å². The van der Waals surface area contributed by atoms with Gasteiger partial charge in [0.25, 0.3) is 5.91 Å². The van der Waals surface area contributed by atoms with E-state index in [1.165, 1.54) is 21.2 Å². The van der Waals surface area contributed by atoms with Gasteiger partial charge < -0.3 is 18.8 Å². The van der Waals surface area contributed by atoms with E-state index in [1.54, 1.807) is 41.1 Å². The van der Waals surface area contributed by atoms with Crippen LogP contribution in [0.5, 0.6) is 0 Å². The Morgan fingerprint density at radius 2 is 2.00 bits per heavy atom. The molecule has 0 spiro atoms. The molecule has 52 heavy (non-hydrogen) atoms. The Balaban J connectivity index is 1.50. The fourth-order valence-electron chi connectivity index (χ4n) is 7.05. The van der Waals surface area contributed by atoms with Crippen molar-refractivity contribution in [3.63, 3.8) is 0 Å². The first kappa shape index (κ1) is 37.4. The monoisotopic (exact) mass is 730 g/mol. The number of amides is 2. The van der Waals surface area contributed by atoms with Crippen LogP contribution in [-0.2, 0) is 49.8 Å². The molecule has 3 aromatic heterocycles. The number of hydrazine groups is 1. The van der Waals surface area contributed by atoms with E-state index in [1.807, 2.05) is 11.4 Å². The molecule has 2 atom stereocenters. The van der Waals surface area contributed by atoms with E-state index in [9.17, 15) is 14.4 Å². The van der Waals surface area contributed by atoms with Gasteiger partial charge in [0.2, 0.25) is 0 Å². The topological polar surface area (TPSA) is 128 Å². The quantitative estimate of drug-likeness (QED) is 0.232. The lowest BCUT2D eigenvalue weighted by molar-refractivity contribution is -0.155. The van der Waals surface area contributed by atoms with Crippen LogP contribution >= 0.6 is 11.3 Å². The van der Waals surface area contributed by atoms with E-state index in [-0.39, 0.29) is 18.9 Å². The largest absolute Gasteiger partial charge is 0.464 e. The minimum atomic E-state index is -0.930. The first-order valence-corrected chi connectivity index (χ1v) is 18.8. The second-order valence-corrected chi connectivity index (χ2v) is 16.3. The summed E-state index contributed by atoms with van der Waals surface area (Å²) in [6.07, 6.45) is 3.08. The maximum absolute atomic E-state index is 14.2. The number of carbonyl (C=O) groups excluding carboxylic acids is 3. The normalized spacial score (nSPS) is 19.7. The molecule has 2 amide bonds. The fourth-order valence-corrected chi connectivity index (χ4v) is 7.88. The molecule has 0 aliphatic carbocycles. The minimum Gasteiger partial charge on any atom is -0.464 e. The Morgan fingerprint density at radius 1 is 1.21 bits per heavy atom. The predicted octanol–water partition coefficient (Wildman–Crippen LogP) is 6.39. The van der Waals surface area contributed by atoms with E-state index < -0.39 is 35.2 Å². The van der Waals surface area contributed by atoms with Crippen LogP contribution < -0.4 is 5.43 Å². The number of hydrogen-bond acceptors (Lipinski definition) is 10. The number of methoxy groups -OCH3 is 1. The van der Waals surface area contributed by atoms with Gasteiger partial charge in [-0.3, -0.25) is 24.5 Å². The van der Waals surface area contributed by atoms with Crippen LogP contribution in [0.2, 0.25) is 0 Å². The summed E-state index contributed by atoms with van der Waals surface area (Å²) in [6.45, 7) is 13.4. The summed E-state index contributed by atoms with van der Waals surface area (Å²) in [7, 11) is 3.24. The highest BCUT2D eigenvalue weighted by molar-refractivity contribution is 7.13. The number of aryl methyl sites for hydroxylation is 1. The summed E-state index contributed by atoms with van der Waals surface area (Å²) in [4.78, 5) is 52.2. The zero-order valence-corrected chi connectivity index (χ0v) is 32.3. The molecular formula is C39H50N6O6S. The third kappa shape index (κ3) is 7.86. The zero-order valence-electron chi connectivity index (χ0n) is 31.4. The molecule has 0 unspecified atom stereocenters. The molecule has 12 nitrogen and oxygen atoms in total. The van der Waals surface area contributed by atoms with Gasteiger partial charge in [0.1, 0.15) is 22.7 Å². The summed E-state index contributed by atoms with van der Waals surface area (Å²) in [5, 5.41) is 5.29. The third-order valence-corrected chi connectivity index (χ3v) is 10.5. The molecule has 4 aromatic rings. The van der Waals surface area contributed by atoms with Crippen LogP contribution in [0.25, 0.3) is 32.7 Å². The number of pyridine rings is 1. The molecule has 0 saturated carbocycles. The molecule has 1 aromatic carbocycles. The van der Waals surface area contributed by atoms with Crippen molar-refractivity contribution in [1.29, 1.82) is 0 Å². The molecule has 1 saturated heterocycles. The standard InChI is InChI=1S/C39H50N6O6S/c1-9-44-31-15-14-24-18-27(31)28(33(44)26-12-10-16-40-30(26)21-49-8)20-39(5,6)23-50-36(47)29-13-11-17-45(42-29)35(46)32(19-25-22-52-34(24)41-25)43(7)37(48)51-38(2,3)4/h10,12,14-16,18,22,29,32,42H,9,11,13,17,19-21,23H2,1-8H3/t29-,32-/m0/s1. The highest BCUT2D eigenvalue weighted by Gasteiger charge is 2.38. The smallest absolute Gasteiger partial charge is 0.410 e. The summed E-state index contributed by atoms with van der Waals surface area (Å²) in [5.74, 6) is -0.759. The van der Waals surface area contributed by atoms with Crippen molar-refractivity contribution in [2.75, 3.05) is 27.3 Å². The van der Waals surface area contributed by atoms with Crippen LogP contribution in [0, 0.1) is 5.41 Å². The van der Waals surface area contributed by atoms with Crippen molar-refractivity contribution in [3.8, 4) is 21.8 Å². The Kier molecular flexibility index (Phi) is 10.8. The zero-order chi connectivity index (χ0) is 37.4. The highest BCUT2D eigenvalue weighted by atomic mass is 32.1. The first-order chi connectivity index (χ1) is 24.7. The summed E-state index contributed by atoms with van der Waals surface area (Å²) < 4.78 is 19.6. The number of esters is 1. The second kappa shape index (κ2) is 15.0. The van der Waals surface area contributed by atoms with Crippen molar-refractivity contribution in [2.45, 2.75) is 98.1 Å². The minimum absolute atomic E-state index is 0.166. The molecule has 1 N–H and O–H groups in total. The number of thiazole rings is 1. The lowest BCUT2D eigenvalue weighted by Gasteiger charge is -2.37. The third-order valence-electron chi connectivity index (χ3n) is 9.54. The Bertz CT molecular complexity index is 1960. The van der Waals surface area contributed by atoms with Crippen molar-refractivity contribution >= 4 is 40.2 Å². The van der Waals surface area contributed by atoms with Crippen LogP contribution in [-0.4, -0.2) is 87.4 Å². The number of fused-ring (bicyclic) bond motifs is 6. The van der Waals surface area contributed by atoms with Gasteiger partial charge in [-0.25, -0.2) is 15.2 Å². The molecule has 6 rings (SSSR count). The first-order valence-electron chi connectivity index (χ1n) is 17.9. The maximum Gasteiger partial charge on any atom is 0.410 e. The molecular weight excluding hydrogens is 681 g/mol. The number of hydrogen-bond donors (Lipinski definition) is 1. The number of cyclic esters (lactones) is 1. The van der Waals surface area contributed by atoms with Gasteiger partial charge in [-0.2, -0.15) is 0 Å². The van der Waals surface area contributed by atoms with Gasteiger partial charge in [0.05, 0.1) is 30.3 Å². The summed E-state index contributed by atoms with van der Waals surface area (Å²) in [5.41, 5.74) is 8.68. The molecule has 0 radical (unpaired) electrons. The van der Waals surface area contributed by atoms with Crippen LogP contribution in [0.1, 0.15) is 71.3 Å². The van der Waals surface area contributed by atoms with Crippen molar-refractivity contribution in [1.82, 2.24) is 29.9 Å². The average Bonchev–Trinajstić information content (AvgIpc) is 3.70. The summed E-state index contributed by atoms with van der Waals surface area (Å²) in [6, 6.07) is 8.82. The number of ether oxygens (including phenoxy) is 3. The lowest BCUT2D eigenvalue weighted by atomic mass is 9.84. The van der Waals surface area contributed by atoms with Crippen LogP contribution in [0.15, 0.2) is 41.9 Å². The number of likely N-dealkylation sites (N-methyl/N-ethyl adjacent to an activating group) is 1. The van der Waals surface area contributed by atoms with Gasteiger partial charge in [-0.1, -0.05) is 13.8 Å². The number of nitrogens with one attached hydrogen (secondary N) is 1.